The first-order valence-electron chi connectivity index (χ1n) is 7.93. The highest BCUT2D eigenvalue weighted by Gasteiger charge is 2.32. The van der Waals surface area contributed by atoms with Crippen LogP contribution in [0.15, 0.2) is 0 Å². The highest BCUT2D eigenvalue weighted by atomic mass is 16.7. The molecule has 118 valence electrons. The maximum absolute atomic E-state index is 9.11. The van der Waals surface area contributed by atoms with Gasteiger partial charge in [0.05, 0.1) is 13.2 Å². The van der Waals surface area contributed by atoms with Crippen LogP contribution in [-0.4, -0.2) is 79.3 Å². The summed E-state index contributed by atoms with van der Waals surface area (Å²) in [5.74, 6) is 0. The Morgan fingerprint density at radius 2 is 2.10 bits per heavy atom. The van der Waals surface area contributed by atoms with E-state index in [0.717, 1.165) is 52.4 Å². The van der Waals surface area contributed by atoms with Crippen molar-refractivity contribution in [1.29, 1.82) is 0 Å². The molecule has 5 heteroatoms. The third-order valence-electron chi connectivity index (χ3n) is 4.37. The molecule has 2 aliphatic rings. The van der Waals surface area contributed by atoms with Crippen molar-refractivity contribution >= 4 is 0 Å². The summed E-state index contributed by atoms with van der Waals surface area (Å²) in [5.41, 5.74) is 0.127. The average Bonchev–Trinajstić information content (AvgIpc) is 2.43. The molecule has 0 unspecified atom stereocenters. The molecule has 0 bridgehead atoms. The van der Waals surface area contributed by atoms with Gasteiger partial charge in [0.15, 0.2) is 6.29 Å². The molecule has 0 amide bonds. The van der Waals surface area contributed by atoms with Gasteiger partial charge in [-0.15, -0.1) is 0 Å². The molecular formula is C15H30N2O3. The van der Waals surface area contributed by atoms with E-state index in [0.29, 0.717) is 0 Å². The number of piperazine rings is 1. The molecular weight excluding hydrogens is 256 g/mol. The normalized spacial score (nSPS) is 28.6. The van der Waals surface area contributed by atoms with Gasteiger partial charge in [-0.1, -0.05) is 0 Å². The summed E-state index contributed by atoms with van der Waals surface area (Å²) in [7, 11) is 0. The van der Waals surface area contributed by atoms with Crippen LogP contribution >= 0.6 is 0 Å². The monoisotopic (exact) mass is 286 g/mol. The third-order valence-corrected chi connectivity index (χ3v) is 4.37. The van der Waals surface area contributed by atoms with Crippen molar-refractivity contribution in [3.8, 4) is 0 Å². The predicted octanol–water partition coefficient (Wildman–Crippen LogP) is 0.918. The van der Waals surface area contributed by atoms with Gasteiger partial charge in [-0.25, -0.2) is 0 Å². The highest BCUT2D eigenvalue weighted by molar-refractivity contribution is 4.89. The molecule has 5 nitrogen and oxygen atoms in total. The lowest BCUT2D eigenvalue weighted by Gasteiger charge is -2.47. The van der Waals surface area contributed by atoms with Gasteiger partial charge in [0.25, 0.3) is 0 Å². The molecule has 2 fully saturated rings. The van der Waals surface area contributed by atoms with Crippen LogP contribution in [0.5, 0.6) is 0 Å². The number of nitrogens with zero attached hydrogens (tertiary/aromatic N) is 2. The van der Waals surface area contributed by atoms with Crippen LogP contribution in [-0.2, 0) is 9.47 Å². The Hall–Kier alpha value is -0.200. The SMILES string of the molecule is CC1(C)CN(CCO[C@H]2CCCCO2)CCN1CCO. The van der Waals surface area contributed by atoms with E-state index in [9.17, 15) is 0 Å². The van der Waals surface area contributed by atoms with Gasteiger partial charge in [-0.05, 0) is 33.1 Å². The number of hydrogen-bond donors (Lipinski definition) is 1. The van der Waals surface area contributed by atoms with Crippen LogP contribution in [0.4, 0.5) is 0 Å². The smallest absolute Gasteiger partial charge is 0.157 e. The van der Waals surface area contributed by atoms with Gasteiger partial charge in [0.1, 0.15) is 0 Å². The topological polar surface area (TPSA) is 45.2 Å². The van der Waals surface area contributed by atoms with Gasteiger partial charge >= 0.3 is 0 Å². The second-order valence-electron chi connectivity index (χ2n) is 6.47. The zero-order valence-electron chi connectivity index (χ0n) is 13.0. The van der Waals surface area contributed by atoms with Gasteiger partial charge in [-0.2, -0.15) is 0 Å². The number of aliphatic hydroxyl groups excluding tert-OH is 1. The van der Waals surface area contributed by atoms with Gasteiger partial charge in [0, 0.05) is 44.9 Å². The lowest BCUT2D eigenvalue weighted by molar-refractivity contribution is -0.165. The fourth-order valence-electron chi connectivity index (χ4n) is 3.17. The lowest BCUT2D eigenvalue weighted by Crippen LogP contribution is -2.60. The van der Waals surface area contributed by atoms with E-state index in [4.69, 9.17) is 14.6 Å². The summed E-state index contributed by atoms with van der Waals surface area (Å²) >= 11 is 0. The van der Waals surface area contributed by atoms with Crippen molar-refractivity contribution in [2.45, 2.75) is 44.9 Å². The summed E-state index contributed by atoms with van der Waals surface area (Å²) in [6.45, 7) is 11.2. The molecule has 1 N–H and O–H groups in total. The fourth-order valence-corrected chi connectivity index (χ4v) is 3.17. The zero-order valence-corrected chi connectivity index (χ0v) is 13.0. The molecule has 20 heavy (non-hydrogen) atoms. The minimum atomic E-state index is 0.0208. The molecule has 2 heterocycles. The number of ether oxygens (including phenoxy) is 2. The third kappa shape index (κ3) is 4.67. The van der Waals surface area contributed by atoms with E-state index in [2.05, 4.69) is 23.6 Å². The Morgan fingerprint density at radius 1 is 1.25 bits per heavy atom. The number of hydrogen-bond acceptors (Lipinski definition) is 5. The summed E-state index contributed by atoms with van der Waals surface area (Å²) in [6.07, 6.45) is 3.45. The Bertz CT molecular complexity index is 280. The number of rotatable bonds is 6. The minimum Gasteiger partial charge on any atom is -0.395 e. The minimum absolute atomic E-state index is 0.0208. The maximum Gasteiger partial charge on any atom is 0.157 e. The standard InChI is InChI=1S/C15H30N2O3/c1-15(2)13-16(6-7-17(15)8-10-18)9-12-20-14-5-3-4-11-19-14/h14,18H,3-13H2,1-2H3/t14-/m0/s1. The Morgan fingerprint density at radius 3 is 2.75 bits per heavy atom. The molecule has 0 aromatic rings. The van der Waals surface area contributed by atoms with Gasteiger partial charge < -0.3 is 14.6 Å². The van der Waals surface area contributed by atoms with E-state index >= 15 is 0 Å². The molecule has 2 rings (SSSR count). The Kier molecular flexibility index (Phi) is 6.23. The summed E-state index contributed by atoms with van der Waals surface area (Å²) < 4.78 is 11.4. The first-order chi connectivity index (χ1) is 9.62. The molecule has 0 aliphatic carbocycles. The number of β-amino-alcohol motifs (C(OH)–C–C–N with tert-alkyl or cyclic N) is 1. The average molecular weight is 286 g/mol. The fraction of sp³-hybridized carbons (Fsp3) is 1.00. The zero-order chi connectivity index (χ0) is 14.4. The van der Waals surface area contributed by atoms with Crippen molar-refractivity contribution in [2.75, 3.05) is 52.5 Å². The van der Waals surface area contributed by atoms with Crippen LogP contribution < -0.4 is 0 Å². The van der Waals surface area contributed by atoms with Crippen molar-refractivity contribution in [1.82, 2.24) is 9.80 Å². The molecule has 0 aromatic heterocycles. The molecule has 2 saturated heterocycles. The van der Waals surface area contributed by atoms with E-state index < -0.39 is 0 Å². The highest BCUT2D eigenvalue weighted by Crippen LogP contribution is 2.20. The quantitative estimate of drug-likeness (QED) is 0.786. The molecule has 2 aliphatic heterocycles. The predicted molar refractivity (Wildman–Crippen MR) is 78.7 cm³/mol. The molecule has 0 saturated carbocycles. The Balaban J connectivity index is 1.66. The van der Waals surface area contributed by atoms with Crippen LogP contribution in [0.2, 0.25) is 0 Å². The van der Waals surface area contributed by atoms with E-state index in [1.54, 1.807) is 0 Å². The summed E-state index contributed by atoms with van der Waals surface area (Å²) in [4.78, 5) is 4.82. The largest absolute Gasteiger partial charge is 0.395 e. The first kappa shape index (κ1) is 16.2. The van der Waals surface area contributed by atoms with Crippen LogP contribution in [0.3, 0.4) is 0 Å². The first-order valence-corrected chi connectivity index (χ1v) is 7.93. The van der Waals surface area contributed by atoms with Gasteiger partial charge in [-0.3, -0.25) is 9.80 Å². The van der Waals surface area contributed by atoms with Crippen molar-refractivity contribution in [3.05, 3.63) is 0 Å². The molecule has 0 radical (unpaired) electrons. The van der Waals surface area contributed by atoms with Crippen LogP contribution in [0.1, 0.15) is 33.1 Å². The van der Waals surface area contributed by atoms with E-state index in [1.807, 2.05) is 0 Å². The lowest BCUT2D eigenvalue weighted by atomic mass is 9.99. The maximum atomic E-state index is 9.11. The van der Waals surface area contributed by atoms with Crippen molar-refractivity contribution < 1.29 is 14.6 Å². The molecule has 1 atom stereocenters. The van der Waals surface area contributed by atoms with Crippen LogP contribution in [0, 0.1) is 0 Å². The number of aliphatic hydroxyl groups is 1. The Labute approximate surface area is 122 Å². The molecule has 0 aromatic carbocycles. The van der Waals surface area contributed by atoms with Gasteiger partial charge in [0.2, 0.25) is 0 Å². The summed E-state index contributed by atoms with van der Waals surface area (Å²) in [6, 6.07) is 0. The van der Waals surface area contributed by atoms with E-state index in [-0.39, 0.29) is 18.4 Å². The van der Waals surface area contributed by atoms with Crippen molar-refractivity contribution in [2.24, 2.45) is 0 Å². The van der Waals surface area contributed by atoms with Crippen LogP contribution in [0.25, 0.3) is 0 Å². The van der Waals surface area contributed by atoms with E-state index in [1.165, 1.54) is 12.8 Å². The van der Waals surface area contributed by atoms with Crippen molar-refractivity contribution in [3.63, 3.8) is 0 Å². The molecule has 0 spiro atoms. The second-order valence-corrected chi connectivity index (χ2v) is 6.47. The summed E-state index contributed by atoms with van der Waals surface area (Å²) in [5, 5.41) is 9.11. The second kappa shape index (κ2) is 7.71.